The second-order valence-electron chi connectivity index (χ2n) is 5.39. The summed E-state index contributed by atoms with van der Waals surface area (Å²) < 4.78 is 28.7. The van der Waals surface area contributed by atoms with Crippen LogP contribution in [0.2, 0.25) is 0 Å². The van der Waals surface area contributed by atoms with E-state index in [-0.39, 0.29) is 12.6 Å². The maximum atomic E-state index is 11.6. The number of piperidine rings is 1. The molecule has 0 aromatic rings. The van der Waals surface area contributed by atoms with Gasteiger partial charge in [-0.3, -0.25) is 0 Å². The van der Waals surface area contributed by atoms with E-state index < -0.39 is 21.9 Å². The number of rotatable bonds is 2. The highest BCUT2D eigenvalue weighted by atomic mass is 32.2. The Kier molecular flexibility index (Phi) is 4.57. The molecule has 18 heavy (non-hydrogen) atoms. The molecule has 3 N–H and O–H groups in total. The summed E-state index contributed by atoms with van der Waals surface area (Å²) in [4.78, 5) is 11.6. The molecular formula is C10H21N3O4S. The maximum Gasteiger partial charge on any atom is 0.407 e. The topological polar surface area (TPSA) is 102 Å². The quantitative estimate of drug-likeness (QED) is 0.752. The lowest BCUT2D eigenvalue weighted by Crippen LogP contribution is -2.51. The summed E-state index contributed by atoms with van der Waals surface area (Å²) in [7, 11) is -3.69. The zero-order valence-electron chi connectivity index (χ0n) is 11.0. The number of hydrogen-bond donors (Lipinski definition) is 2. The van der Waals surface area contributed by atoms with Gasteiger partial charge in [0.1, 0.15) is 5.60 Å². The first kappa shape index (κ1) is 15.2. The predicted molar refractivity (Wildman–Crippen MR) is 67.1 cm³/mol. The fourth-order valence-electron chi connectivity index (χ4n) is 1.77. The first-order chi connectivity index (χ1) is 8.08. The van der Waals surface area contributed by atoms with Gasteiger partial charge in [0, 0.05) is 19.1 Å². The van der Waals surface area contributed by atoms with Gasteiger partial charge < -0.3 is 10.1 Å². The van der Waals surface area contributed by atoms with Crippen molar-refractivity contribution in [2.45, 2.75) is 45.3 Å². The van der Waals surface area contributed by atoms with E-state index >= 15 is 0 Å². The monoisotopic (exact) mass is 279 g/mol. The van der Waals surface area contributed by atoms with E-state index in [2.05, 4.69) is 5.32 Å². The Morgan fingerprint density at radius 2 is 2.06 bits per heavy atom. The van der Waals surface area contributed by atoms with Crippen LogP contribution in [0.4, 0.5) is 4.79 Å². The van der Waals surface area contributed by atoms with Gasteiger partial charge in [-0.05, 0) is 33.6 Å². The first-order valence-electron chi connectivity index (χ1n) is 5.85. The molecule has 8 heteroatoms. The zero-order chi connectivity index (χ0) is 14.0. The lowest BCUT2D eigenvalue weighted by molar-refractivity contribution is 0.0487. The molecule has 0 aromatic heterocycles. The van der Waals surface area contributed by atoms with Crippen molar-refractivity contribution in [3.05, 3.63) is 0 Å². The average Bonchev–Trinajstić information content (AvgIpc) is 2.13. The van der Waals surface area contributed by atoms with Crippen molar-refractivity contribution in [2.24, 2.45) is 5.14 Å². The van der Waals surface area contributed by atoms with Gasteiger partial charge in [0.2, 0.25) is 0 Å². The number of carbonyl (C=O) groups is 1. The molecule has 1 rings (SSSR count). The second kappa shape index (κ2) is 5.41. The van der Waals surface area contributed by atoms with Gasteiger partial charge in [-0.25, -0.2) is 9.93 Å². The van der Waals surface area contributed by atoms with Crippen molar-refractivity contribution in [1.29, 1.82) is 0 Å². The fourth-order valence-corrected chi connectivity index (χ4v) is 2.54. The molecular weight excluding hydrogens is 258 g/mol. The normalized spacial score (nSPS) is 22.6. The number of hydrogen-bond acceptors (Lipinski definition) is 4. The van der Waals surface area contributed by atoms with Crippen LogP contribution in [0.15, 0.2) is 0 Å². The van der Waals surface area contributed by atoms with Gasteiger partial charge in [0.05, 0.1) is 0 Å². The van der Waals surface area contributed by atoms with Crippen LogP contribution in [0.1, 0.15) is 33.6 Å². The minimum Gasteiger partial charge on any atom is -0.444 e. The van der Waals surface area contributed by atoms with Crippen LogP contribution in [0.25, 0.3) is 0 Å². The summed E-state index contributed by atoms with van der Waals surface area (Å²) in [5, 5.41) is 7.71. The molecule has 0 saturated carbocycles. The Morgan fingerprint density at radius 1 is 1.44 bits per heavy atom. The van der Waals surface area contributed by atoms with E-state index in [4.69, 9.17) is 9.88 Å². The van der Waals surface area contributed by atoms with Crippen molar-refractivity contribution in [3.63, 3.8) is 0 Å². The van der Waals surface area contributed by atoms with Crippen LogP contribution < -0.4 is 10.5 Å². The molecule has 1 aliphatic rings. The molecule has 0 aromatic carbocycles. The third kappa shape index (κ3) is 5.19. The Morgan fingerprint density at radius 3 is 2.56 bits per heavy atom. The Balaban J connectivity index is 2.51. The number of nitrogens with one attached hydrogen (secondary N) is 1. The van der Waals surface area contributed by atoms with E-state index in [1.54, 1.807) is 20.8 Å². The van der Waals surface area contributed by atoms with Crippen LogP contribution >= 0.6 is 0 Å². The number of nitrogens with two attached hydrogens (primary N) is 1. The molecule has 0 aliphatic carbocycles. The number of carbonyl (C=O) groups excluding carboxylic acids is 1. The molecule has 0 spiro atoms. The predicted octanol–water partition coefficient (Wildman–Crippen LogP) is 0.179. The molecule has 1 fully saturated rings. The zero-order valence-corrected chi connectivity index (χ0v) is 11.8. The minimum absolute atomic E-state index is 0.193. The average molecular weight is 279 g/mol. The Labute approximate surface area is 108 Å². The minimum atomic E-state index is -3.69. The maximum absolute atomic E-state index is 11.6. The van der Waals surface area contributed by atoms with Gasteiger partial charge in [-0.2, -0.15) is 12.7 Å². The first-order valence-corrected chi connectivity index (χ1v) is 7.35. The van der Waals surface area contributed by atoms with E-state index in [9.17, 15) is 13.2 Å². The largest absolute Gasteiger partial charge is 0.444 e. The van der Waals surface area contributed by atoms with E-state index in [0.29, 0.717) is 19.4 Å². The molecule has 1 amide bonds. The molecule has 106 valence electrons. The molecule has 1 saturated heterocycles. The van der Waals surface area contributed by atoms with Crippen LogP contribution in [0.5, 0.6) is 0 Å². The molecule has 0 radical (unpaired) electrons. The second-order valence-corrected chi connectivity index (χ2v) is 6.93. The number of ether oxygens (including phenoxy) is 1. The van der Waals surface area contributed by atoms with Crippen LogP contribution in [0, 0.1) is 0 Å². The fraction of sp³-hybridized carbons (Fsp3) is 0.900. The highest BCUT2D eigenvalue weighted by Gasteiger charge is 2.28. The summed E-state index contributed by atoms with van der Waals surface area (Å²) in [6.45, 7) is 5.89. The summed E-state index contributed by atoms with van der Waals surface area (Å²) in [5.74, 6) is 0. The summed E-state index contributed by atoms with van der Waals surface area (Å²) >= 11 is 0. The van der Waals surface area contributed by atoms with Gasteiger partial charge >= 0.3 is 6.09 Å². The van der Waals surface area contributed by atoms with Gasteiger partial charge in [0.25, 0.3) is 10.2 Å². The molecule has 1 unspecified atom stereocenters. The van der Waals surface area contributed by atoms with E-state index in [0.717, 1.165) is 0 Å². The van der Waals surface area contributed by atoms with Gasteiger partial charge in [-0.1, -0.05) is 0 Å². The lowest BCUT2D eigenvalue weighted by atomic mass is 10.1. The lowest BCUT2D eigenvalue weighted by Gasteiger charge is -2.31. The van der Waals surface area contributed by atoms with Crippen molar-refractivity contribution >= 4 is 16.3 Å². The highest BCUT2D eigenvalue weighted by Crippen LogP contribution is 2.13. The van der Waals surface area contributed by atoms with Crippen molar-refractivity contribution < 1.29 is 17.9 Å². The van der Waals surface area contributed by atoms with Crippen LogP contribution in [-0.2, 0) is 14.9 Å². The third-order valence-electron chi connectivity index (χ3n) is 2.46. The van der Waals surface area contributed by atoms with Crippen LogP contribution in [-0.4, -0.2) is 43.5 Å². The van der Waals surface area contributed by atoms with E-state index in [1.165, 1.54) is 4.31 Å². The SMILES string of the molecule is CC(C)(C)OC(=O)NC1CCCN(S(N)(=O)=O)C1. The van der Waals surface area contributed by atoms with Crippen molar-refractivity contribution in [2.75, 3.05) is 13.1 Å². The molecule has 1 heterocycles. The molecule has 1 atom stereocenters. The van der Waals surface area contributed by atoms with Crippen molar-refractivity contribution in [3.8, 4) is 0 Å². The van der Waals surface area contributed by atoms with Gasteiger partial charge in [0.15, 0.2) is 0 Å². The Hall–Kier alpha value is -0.860. The summed E-state index contributed by atoms with van der Waals surface area (Å²) in [5.41, 5.74) is -0.571. The summed E-state index contributed by atoms with van der Waals surface area (Å²) in [6, 6.07) is -0.257. The standard InChI is InChI=1S/C10H21N3O4S/c1-10(2,3)17-9(14)12-8-5-4-6-13(7-8)18(11,15)16/h8H,4-7H2,1-3H3,(H,12,14)(H2,11,15,16). The molecule has 0 bridgehead atoms. The number of nitrogens with zero attached hydrogens (tertiary/aromatic N) is 1. The smallest absolute Gasteiger partial charge is 0.407 e. The molecule has 7 nitrogen and oxygen atoms in total. The Bertz CT molecular complexity index is 402. The van der Waals surface area contributed by atoms with Gasteiger partial charge in [-0.15, -0.1) is 0 Å². The van der Waals surface area contributed by atoms with Crippen LogP contribution in [0.3, 0.4) is 0 Å². The third-order valence-corrected chi connectivity index (χ3v) is 3.52. The van der Waals surface area contributed by atoms with E-state index in [1.807, 2.05) is 0 Å². The molecule has 1 aliphatic heterocycles. The number of alkyl carbamates (subject to hydrolysis) is 1. The highest BCUT2D eigenvalue weighted by molar-refractivity contribution is 7.86. The van der Waals surface area contributed by atoms with Crippen molar-refractivity contribution in [1.82, 2.24) is 9.62 Å². The number of amides is 1. The summed E-state index contributed by atoms with van der Waals surface area (Å²) in [6.07, 6.45) is 0.839.